The van der Waals surface area contributed by atoms with Crippen molar-refractivity contribution >= 4 is 22.6 Å². The second-order valence-corrected chi connectivity index (χ2v) is 6.08. The van der Waals surface area contributed by atoms with Crippen LogP contribution in [0.15, 0.2) is 48.5 Å². The van der Waals surface area contributed by atoms with E-state index in [4.69, 9.17) is 17.0 Å². The Labute approximate surface area is 140 Å². The van der Waals surface area contributed by atoms with E-state index < -0.39 is 6.10 Å². The highest BCUT2D eigenvalue weighted by Gasteiger charge is 2.14. The minimum Gasteiger partial charge on any atom is -0.387 e. The fraction of sp³-hybridized carbons (Fsp3) is 0.278. The van der Waals surface area contributed by atoms with E-state index in [0.717, 1.165) is 29.6 Å². The summed E-state index contributed by atoms with van der Waals surface area (Å²) in [6.45, 7) is 3.24. The van der Waals surface area contributed by atoms with Crippen LogP contribution in [0.2, 0.25) is 5.02 Å². The Kier molecular flexibility index (Phi) is 4.55. The SMILES string of the molecule is CCCn1c(=N)n(CC(O)c2ccc(Cl)cc2)c2ccccc21. The monoisotopic (exact) mass is 329 g/mol. The minimum absolute atomic E-state index is 0.345. The molecule has 1 aromatic heterocycles. The molecular formula is C18H20ClN3O. The molecule has 0 bridgehead atoms. The number of halogens is 1. The van der Waals surface area contributed by atoms with Gasteiger partial charge in [0.1, 0.15) is 0 Å². The Morgan fingerprint density at radius 3 is 2.26 bits per heavy atom. The molecule has 0 spiro atoms. The lowest BCUT2D eigenvalue weighted by atomic mass is 10.1. The number of nitrogens with zero attached hydrogens (tertiary/aromatic N) is 2. The average Bonchev–Trinajstić information content (AvgIpc) is 2.82. The third kappa shape index (κ3) is 3.05. The zero-order valence-electron chi connectivity index (χ0n) is 13.0. The van der Waals surface area contributed by atoms with E-state index in [0.29, 0.717) is 17.2 Å². The first-order valence-electron chi connectivity index (χ1n) is 7.78. The second-order valence-electron chi connectivity index (χ2n) is 5.64. The Morgan fingerprint density at radius 1 is 1.04 bits per heavy atom. The number of aromatic nitrogens is 2. The van der Waals surface area contributed by atoms with Crippen LogP contribution in [0.5, 0.6) is 0 Å². The summed E-state index contributed by atoms with van der Waals surface area (Å²) in [4.78, 5) is 0. The third-order valence-corrected chi connectivity index (χ3v) is 4.28. The quantitative estimate of drug-likeness (QED) is 0.736. The van der Waals surface area contributed by atoms with Crippen LogP contribution in [0.25, 0.3) is 11.0 Å². The van der Waals surface area contributed by atoms with Gasteiger partial charge in [0.05, 0.1) is 23.7 Å². The summed E-state index contributed by atoms with van der Waals surface area (Å²) in [6.07, 6.45) is 0.284. The average molecular weight is 330 g/mol. The number of nitrogens with one attached hydrogen (secondary N) is 1. The van der Waals surface area contributed by atoms with Crippen LogP contribution >= 0.6 is 11.6 Å². The highest BCUT2D eigenvalue weighted by atomic mass is 35.5. The van der Waals surface area contributed by atoms with Crippen molar-refractivity contribution in [3.8, 4) is 0 Å². The number of fused-ring (bicyclic) bond motifs is 1. The minimum atomic E-state index is -0.678. The summed E-state index contributed by atoms with van der Waals surface area (Å²) >= 11 is 5.90. The van der Waals surface area contributed by atoms with Crippen LogP contribution in [0, 0.1) is 5.41 Å². The first-order chi connectivity index (χ1) is 11.1. The number of para-hydroxylation sites is 2. The van der Waals surface area contributed by atoms with Crippen LogP contribution in [0.3, 0.4) is 0 Å². The normalized spacial score (nSPS) is 12.7. The summed E-state index contributed by atoms with van der Waals surface area (Å²) in [6, 6.07) is 15.1. The van der Waals surface area contributed by atoms with Gasteiger partial charge in [0, 0.05) is 11.6 Å². The van der Waals surface area contributed by atoms with Gasteiger partial charge in [-0.25, -0.2) is 0 Å². The lowest BCUT2D eigenvalue weighted by Gasteiger charge is -2.13. The number of imidazole rings is 1. The van der Waals surface area contributed by atoms with E-state index in [1.54, 1.807) is 12.1 Å². The maximum absolute atomic E-state index is 10.5. The third-order valence-electron chi connectivity index (χ3n) is 4.03. The van der Waals surface area contributed by atoms with Crippen LogP contribution in [-0.4, -0.2) is 14.2 Å². The van der Waals surface area contributed by atoms with Crippen molar-refractivity contribution in [1.82, 2.24) is 9.13 Å². The fourth-order valence-corrected chi connectivity index (χ4v) is 3.02. The molecule has 1 atom stereocenters. The molecule has 0 radical (unpaired) electrons. The number of aliphatic hydroxyl groups excluding tert-OH is 1. The molecule has 0 saturated carbocycles. The standard InChI is InChI=1S/C18H20ClN3O/c1-2-11-21-15-5-3-4-6-16(15)22(18(21)20)12-17(23)13-7-9-14(19)10-8-13/h3-10,17,20,23H,2,11-12H2,1H3. The molecule has 2 N–H and O–H groups in total. The van der Waals surface area contributed by atoms with Gasteiger partial charge in [-0.1, -0.05) is 42.8 Å². The molecule has 0 aliphatic rings. The summed E-state index contributed by atoms with van der Waals surface area (Å²) in [5, 5.41) is 19.6. The Bertz CT molecular complexity index is 864. The zero-order chi connectivity index (χ0) is 16.4. The molecule has 0 aliphatic heterocycles. The van der Waals surface area contributed by atoms with Crippen LogP contribution in [0.4, 0.5) is 0 Å². The van der Waals surface area contributed by atoms with E-state index >= 15 is 0 Å². The van der Waals surface area contributed by atoms with E-state index in [1.165, 1.54) is 0 Å². The van der Waals surface area contributed by atoms with Gasteiger partial charge in [-0.3, -0.25) is 5.41 Å². The summed E-state index contributed by atoms with van der Waals surface area (Å²) in [5.74, 6) is 0. The number of hydrogen-bond donors (Lipinski definition) is 2. The number of hydrogen-bond acceptors (Lipinski definition) is 2. The molecule has 1 heterocycles. The van der Waals surface area contributed by atoms with Gasteiger partial charge < -0.3 is 14.2 Å². The zero-order valence-corrected chi connectivity index (χ0v) is 13.8. The van der Waals surface area contributed by atoms with Crippen molar-refractivity contribution in [2.45, 2.75) is 32.5 Å². The molecular weight excluding hydrogens is 310 g/mol. The Morgan fingerprint density at radius 2 is 1.65 bits per heavy atom. The molecule has 2 aromatic carbocycles. The van der Waals surface area contributed by atoms with Gasteiger partial charge in [-0.05, 0) is 36.2 Å². The van der Waals surface area contributed by atoms with E-state index in [9.17, 15) is 5.11 Å². The van der Waals surface area contributed by atoms with Crippen molar-refractivity contribution in [3.05, 3.63) is 64.7 Å². The van der Waals surface area contributed by atoms with Gasteiger partial charge in [0.2, 0.25) is 5.62 Å². The smallest absolute Gasteiger partial charge is 0.203 e. The maximum Gasteiger partial charge on any atom is 0.203 e. The topological polar surface area (TPSA) is 53.9 Å². The Balaban J connectivity index is 2.01. The van der Waals surface area contributed by atoms with E-state index in [2.05, 4.69) is 6.92 Å². The summed E-state index contributed by atoms with van der Waals surface area (Å²) in [5.41, 5.74) is 3.22. The first kappa shape index (κ1) is 15.8. The van der Waals surface area contributed by atoms with Gasteiger partial charge in [-0.15, -0.1) is 0 Å². The molecule has 3 rings (SSSR count). The summed E-state index contributed by atoms with van der Waals surface area (Å²) in [7, 11) is 0. The van der Waals surface area contributed by atoms with Crippen LogP contribution in [-0.2, 0) is 13.1 Å². The molecule has 3 aromatic rings. The van der Waals surface area contributed by atoms with E-state index in [1.807, 2.05) is 45.5 Å². The predicted molar refractivity (Wildman–Crippen MR) is 92.5 cm³/mol. The number of aliphatic hydroxyl groups is 1. The van der Waals surface area contributed by atoms with Crippen molar-refractivity contribution in [2.24, 2.45) is 0 Å². The molecule has 0 aliphatic carbocycles. The van der Waals surface area contributed by atoms with Crippen molar-refractivity contribution in [1.29, 1.82) is 5.41 Å². The van der Waals surface area contributed by atoms with Gasteiger partial charge in [-0.2, -0.15) is 0 Å². The molecule has 5 heteroatoms. The number of benzene rings is 2. The highest BCUT2D eigenvalue weighted by Crippen LogP contribution is 2.20. The van der Waals surface area contributed by atoms with Gasteiger partial charge in [0.25, 0.3) is 0 Å². The van der Waals surface area contributed by atoms with Gasteiger partial charge in [0.15, 0.2) is 0 Å². The molecule has 0 fully saturated rings. The number of rotatable bonds is 5. The lowest BCUT2D eigenvalue weighted by molar-refractivity contribution is 0.155. The molecule has 1 unspecified atom stereocenters. The molecule has 0 amide bonds. The molecule has 0 saturated heterocycles. The summed E-state index contributed by atoms with van der Waals surface area (Å²) < 4.78 is 3.86. The fourth-order valence-electron chi connectivity index (χ4n) is 2.89. The second kappa shape index (κ2) is 6.60. The van der Waals surface area contributed by atoms with Crippen molar-refractivity contribution in [2.75, 3.05) is 0 Å². The first-order valence-corrected chi connectivity index (χ1v) is 8.15. The predicted octanol–water partition coefficient (Wildman–Crippen LogP) is 3.72. The van der Waals surface area contributed by atoms with Crippen LogP contribution < -0.4 is 5.62 Å². The van der Waals surface area contributed by atoms with Gasteiger partial charge >= 0.3 is 0 Å². The largest absolute Gasteiger partial charge is 0.387 e. The number of aryl methyl sites for hydroxylation is 1. The van der Waals surface area contributed by atoms with Crippen LogP contribution in [0.1, 0.15) is 25.0 Å². The van der Waals surface area contributed by atoms with Crippen molar-refractivity contribution < 1.29 is 5.11 Å². The molecule has 120 valence electrons. The maximum atomic E-state index is 10.5. The molecule has 23 heavy (non-hydrogen) atoms. The van der Waals surface area contributed by atoms with E-state index in [-0.39, 0.29) is 0 Å². The van der Waals surface area contributed by atoms with Crippen molar-refractivity contribution in [3.63, 3.8) is 0 Å². The molecule has 4 nitrogen and oxygen atoms in total. The lowest BCUT2D eigenvalue weighted by Crippen LogP contribution is -2.26. The Hall–Kier alpha value is -2.04. The highest BCUT2D eigenvalue weighted by molar-refractivity contribution is 6.30.